The highest BCUT2D eigenvalue weighted by Gasteiger charge is 2.03. The van der Waals surface area contributed by atoms with E-state index in [2.05, 4.69) is 44.2 Å². The predicted molar refractivity (Wildman–Crippen MR) is 83.8 cm³/mol. The van der Waals surface area contributed by atoms with Crippen molar-refractivity contribution in [3.05, 3.63) is 51.4 Å². The lowest BCUT2D eigenvalue weighted by atomic mass is 10.1. The topological polar surface area (TPSA) is 58.0 Å². The fourth-order valence-electron chi connectivity index (χ4n) is 2.04. The number of aryl methyl sites for hydroxylation is 1. The van der Waals surface area contributed by atoms with Crippen molar-refractivity contribution in [2.45, 2.75) is 26.9 Å². The lowest BCUT2D eigenvalue weighted by Crippen LogP contribution is -2.09. The minimum atomic E-state index is -0.138. The molecule has 0 amide bonds. The first kappa shape index (κ1) is 14.9. The van der Waals surface area contributed by atoms with E-state index in [-0.39, 0.29) is 6.61 Å². The highest BCUT2D eigenvalue weighted by Crippen LogP contribution is 2.19. The molecule has 0 aliphatic heterocycles. The van der Waals surface area contributed by atoms with E-state index in [9.17, 15) is 0 Å². The number of aliphatic hydroxyl groups is 1. The zero-order valence-corrected chi connectivity index (χ0v) is 13.2. The molecule has 1 heterocycles. The molecule has 0 saturated heterocycles. The van der Waals surface area contributed by atoms with Crippen LogP contribution in [0.15, 0.2) is 28.7 Å². The molecule has 0 aliphatic carbocycles. The molecule has 1 aromatic heterocycles. The van der Waals surface area contributed by atoms with Crippen molar-refractivity contribution in [1.29, 1.82) is 0 Å². The summed E-state index contributed by atoms with van der Waals surface area (Å²) in [5.41, 5.74) is 3.43. The van der Waals surface area contributed by atoms with Crippen molar-refractivity contribution in [3.63, 3.8) is 0 Å². The number of nitrogens with one attached hydrogen (secondary N) is 1. The van der Waals surface area contributed by atoms with E-state index in [4.69, 9.17) is 5.11 Å². The van der Waals surface area contributed by atoms with E-state index >= 15 is 0 Å². The molecule has 0 saturated carbocycles. The van der Waals surface area contributed by atoms with Crippen LogP contribution < -0.4 is 5.32 Å². The van der Waals surface area contributed by atoms with Crippen LogP contribution in [0.3, 0.4) is 0 Å². The van der Waals surface area contributed by atoms with Crippen molar-refractivity contribution < 1.29 is 5.11 Å². The van der Waals surface area contributed by atoms with Crippen molar-refractivity contribution in [2.24, 2.45) is 0 Å². The molecule has 0 fully saturated rings. The maximum Gasteiger partial charge on any atom is 0.156 e. The third kappa shape index (κ3) is 3.77. The Morgan fingerprint density at radius 3 is 2.80 bits per heavy atom. The summed E-state index contributed by atoms with van der Waals surface area (Å²) in [6.45, 7) is 4.66. The molecular formula is C15H18BrN3O. The number of benzene rings is 1. The first-order chi connectivity index (χ1) is 9.60. The van der Waals surface area contributed by atoms with Crippen LogP contribution in [0.25, 0.3) is 0 Å². The summed E-state index contributed by atoms with van der Waals surface area (Å²) in [5.74, 6) is 1.21. The van der Waals surface area contributed by atoms with Crippen molar-refractivity contribution >= 4 is 21.7 Å². The maximum atomic E-state index is 9.10. The Kier molecular flexibility index (Phi) is 5.09. The summed E-state index contributed by atoms with van der Waals surface area (Å²) in [4.78, 5) is 8.38. The number of hydrogen-bond acceptors (Lipinski definition) is 4. The molecule has 0 aliphatic rings. The lowest BCUT2D eigenvalue weighted by Gasteiger charge is -2.10. The summed E-state index contributed by atoms with van der Waals surface area (Å²) in [7, 11) is 0. The van der Waals surface area contributed by atoms with Gasteiger partial charge in [0.05, 0.1) is 0 Å². The summed E-state index contributed by atoms with van der Waals surface area (Å²) < 4.78 is 1.13. The van der Waals surface area contributed by atoms with Gasteiger partial charge in [-0.25, -0.2) is 9.97 Å². The summed E-state index contributed by atoms with van der Waals surface area (Å²) in [6.07, 6.45) is 0.919. The Labute approximate surface area is 127 Å². The minimum Gasteiger partial charge on any atom is -0.388 e. The van der Waals surface area contributed by atoms with Crippen LogP contribution in [-0.2, 0) is 13.0 Å². The third-order valence-corrected chi connectivity index (χ3v) is 3.98. The van der Waals surface area contributed by atoms with Gasteiger partial charge in [0.1, 0.15) is 12.4 Å². The lowest BCUT2D eigenvalue weighted by molar-refractivity contribution is 0.271. The van der Waals surface area contributed by atoms with Gasteiger partial charge in [0.25, 0.3) is 0 Å². The normalized spacial score (nSPS) is 10.6. The molecule has 0 unspecified atom stereocenters. The molecule has 1 aromatic carbocycles. The Morgan fingerprint density at radius 1 is 1.25 bits per heavy atom. The third-order valence-electron chi connectivity index (χ3n) is 3.12. The maximum absolute atomic E-state index is 9.10. The summed E-state index contributed by atoms with van der Waals surface area (Å²) >= 11 is 3.54. The first-order valence-corrected chi connectivity index (χ1v) is 7.32. The van der Waals surface area contributed by atoms with Gasteiger partial charge in [0.15, 0.2) is 5.82 Å². The van der Waals surface area contributed by atoms with Crippen LogP contribution in [0, 0.1) is 13.8 Å². The van der Waals surface area contributed by atoms with E-state index in [1.54, 1.807) is 0 Å². The average Bonchev–Trinajstić information content (AvgIpc) is 2.43. The molecule has 20 heavy (non-hydrogen) atoms. The molecule has 0 bridgehead atoms. The fourth-order valence-corrected chi connectivity index (χ4v) is 2.45. The molecule has 106 valence electrons. The molecule has 2 N–H and O–H groups in total. The number of hydrogen-bond donors (Lipinski definition) is 2. The van der Waals surface area contributed by atoms with E-state index in [1.165, 1.54) is 11.1 Å². The van der Waals surface area contributed by atoms with E-state index in [1.807, 2.05) is 25.1 Å². The van der Waals surface area contributed by atoms with Gasteiger partial charge < -0.3 is 10.4 Å². The Bertz CT molecular complexity index is 602. The van der Waals surface area contributed by atoms with Crippen LogP contribution in [0.1, 0.15) is 22.6 Å². The van der Waals surface area contributed by atoms with Gasteiger partial charge in [-0.2, -0.15) is 0 Å². The number of aliphatic hydroxyl groups excluding tert-OH is 1. The number of anilines is 1. The van der Waals surface area contributed by atoms with Gasteiger partial charge in [-0.1, -0.05) is 28.1 Å². The molecule has 5 heteroatoms. The van der Waals surface area contributed by atoms with Crippen LogP contribution in [-0.4, -0.2) is 21.6 Å². The molecular weight excluding hydrogens is 318 g/mol. The largest absolute Gasteiger partial charge is 0.388 e. The molecule has 2 rings (SSSR count). The monoisotopic (exact) mass is 335 g/mol. The quantitative estimate of drug-likeness (QED) is 0.881. The Hall–Kier alpha value is -1.46. The van der Waals surface area contributed by atoms with E-state index in [0.29, 0.717) is 5.82 Å². The van der Waals surface area contributed by atoms with Crippen LogP contribution in [0.5, 0.6) is 0 Å². The van der Waals surface area contributed by atoms with Crippen molar-refractivity contribution in [1.82, 2.24) is 9.97 Å². The SMILES string of the molecule is Cc1cc(NCCc2cccc(Br)c2C)nc(CO)n1. The second kappa shape index (κ2) is 6.81. The van der Waals surface area contributed by atoms with Crippen LogP contribution >= 0.6 is 15.9 Å². The standard InChI is InChI=1S/C15H18BrN3O/c1-10-8-14(19-15(9-20)18-10)17-7-6-12-4-3-5-13(16)11(12)2/h3-5,8,20H,6-7,9H2,1-2H3,(H,17,18,19). The summed E-state index contributed by atoms with van der Waals surface area (Å²) in [5, 5.41) is 12.4. The number of rotatable bonds is 5. The first-order valence-electron chi connectivity index (χ1n) is 6.53. The van der Waals surface area contributed by atoms with Gasteiger partial charge >= 0.3 is 0 Å². The summed E-state index contributed by atoms with van der Waals surface area (Å²) in [6, 6.07) is 8.11. The number of halogens is 1. The van der Waals surface area contributed by atoms with Crippen molar-refractivity contribution in [3.8, 4) is 0 Å². The van der Waals surface area contributed by atoms with Gasteiger partial charge in [-0.3, -0.25) is 0 Å². The second-order valence-corrected chi connectivity index (χ2v) is 5.52. The van der Waals surface area contributed by atoms with Gasteiger partial charge in [0.2, 0.25) is 0 Å². The van der Waals surface area contributed by atoms with Crippen molar-refractivity contribution in [2.75, 3.05) is 11.9 Å². The Morgan fingerprint density at radius 2 is 2.05 bits per heavy atom. The number of nitrogens with zero attached hydrogens (tertiary/aromatic N) is 2. The number of aromatic nitrogens is 2. The molecule has 0 radical (unpaired) electrons. The Balaban J connectivity index is 1.99. The van der Waals surface area contributed by atoms with Crippen LogP contribution in [0.4, 0.5) is 5.82 Å². The van der Waals surface area contributed by atoms with Gasteiger partial charge in [0, 0.05) is 22.8 Å². The zero-order chi connectivity index (χ0) is 14.5. The van der Waals surface area contributed by atoms with Gasteiger partial charge in [-0.15, -0.1) is 0 Å². The van der Waals surface area contributed by atoms with Gasteiger partial charge in [-0.05, 0) is 37.5 Å². The molecule has 0 atom stereocenters. The minimum absolute atomic E-state index is 0.138. The second-order valence-electron chi connectivity index (χ2n) is 4.67. The molecule has 2 aromatic rings. The van der Waals surface area contributed by atoms with E-state index in [0.717, 1.165) is 29.0 Å². The average molecular weight is 336 g/mol. The molecule has 0 spiro atoms. The zero-order valence-electron chi connectivity index (χ0n) is 11.7. The van der Waals surface area contributed by atoms with E-state index < -0.39 is 0 Å². The highest BCUT2D eigenvalue weighted by molar-refractivity contribution is 9.10. The van der Waals surface area contributed by atoms with Crippen LogP contribution in [0.2, 0.25) is 0 Å². The highest BCUT2D eigenvalue weighted by atomic mass is 79.9. The fraction of sp³-hybridized carbons (Fsp3) is 0.333. The molecule has 4 nitrogen and oxygen atoms in total. The predicted octanol–water partition coefficient (Wildman–Crippen LogP) is 3.00. The smallest absolute Gasteiger partial charge is 0.156 e.